The molecule has 5 N–H and O–H groups in total. The summed E-state index contributed by atoms with van der Waals surface area (Å²) in [6.45, 7) is 0. The molecule has 8 heteroatoms. The Kier molecular flexibility index (Phi) is 3.51. The molecule has 1 aromatic heterocycles. The van der Waals surface area contributed by atoms with E-state index in [1.54, 1.807) is 18.2 Å². The van der Waals surface area contributed by atoms with Gasteiger partial charge < -0.3 is 25.8 Å². The van der Waals surface area contributed by atoms with Crippen molar-refractivity contribution in [2.45, 2.75) is 5.16 Å². The van der Waals surface area contributed by atoms with Crippen molar-refractivity contribution in [1.29, 1.82) is 0 Å². The number of nitrogens with zero attached hydrogens (tertiary/aromatic N) is 1. The highest BCUT2D eigenvalue weighted by atomic mass is 32.1. The predicted octanol–water partition coefficient (Wildman–Crippen LogP) is 2.91. The van der Waals surface area contributed by atoms with Gasteiger partial charge in [-0.1, -0.05) is 0 Å². The van der Waals surface area contributed by atoms with Gasteiger partial charge in [-0.05, 0) is 30.3 Å². The van der Waals surface area contributed by atoms with E-state index in [9.17, 15) is 15.0 Å². The summed E-state index contributed by atoms with van der Waals surface area (Å²) >= 11 is 4.12. The Morgan fingerprint density at radius 3 is 2.77 bits per heavy atom. The Morgan fingerprint density at radius 2 is 1.95 bits per heavy atom. The number of H-pyrrole nitrogens is 1. The largest absolute Gasteiger partial charge is 0.508 e. The van der Waals surface area contributed by atoms with Crippen LogP contribution in [0.15, 0.2) is 41.6 Å². The number of carbonyl (C=O) groups is 1. The monoisotopic (exact) mass is 316 g/mol. The van der Waals surface area contributed by atoms with Gasteiger partial charge in [0.05, 0.1) is 16.7 Å². The number of phenolic OH excluding ortho intramolecular Hbond substituents is 2. The molecule has 0 aliphatic rings. The second-order valence-electron chi connectivity index (χ2n) is 4.57. The molecule has 2 aromatic carbocycles. The Bertz CT molecular complexity index is 862. The summed E-state index contributed by atoms with van der Waals surface area (Å²) < 4.78 is 0. The van der Waals surface area contributed by atoms with Gasteiger partial charge in [0.15, 0.2) is 5.16 Å². The van der Waals surface area contributed by atoms with Crippen molar-refractivity contribution in [3.05, 3.63) is 36.4 Å². The first-order valence-corrected chi connectivity index (χ1v) is 6.75. The van der Waals surface area contributed by atoms with Crippen molar-refractivity contribution >= 4 is 41.1 Å². The SMILES string of the molecule is O=C(Nc1ccc2nc(S)[nH]c2c1)Nc1cc(O)ccc1O. The minimum atomic E-state index is -0.550. The highest BCUT2D eigenvalue weighted by Crippen LogP contribution is 2.27. The molecule has 0 aliphatic heterocycles. The van der Waals surface area contributed by atoms with E-state index in [1.807, 2.05) is 0 Å². The van der Waals surface area contributed by atoms with Crippen LogP contribution in [0.1, 0.15) is 0 Å². The van der Waals surface area contributed by atoms with Crippen molar-refractivity contribution in [2.24, 2.45) is 0 Å². The number of imidazole rings is 1. The van der Waals surface area contributed by atoms with Crippen LogP contribution in [0.2, 0.25) is 0 Å². The lowest BCUT2D eigenvalue weighted by atomic mass is 10.2. The number of hydrogen-bond donors (Lipinski definition) is 6. The van der Waals surface area contributed by atoms with Crippen LogP contribution in [0.25, 0.3) is 11.0 Å². The van der Waals surface area contributed by atoms with Crippen molar-refractivity contribution in [1.82, 2.24) is 9.97 Å². The Labute approximate surface area is 130 Å². The number of carbonyl (C=O) groups excluding carboxylic acids is 1. The quantitative estimate of drug-likeness (QED) is 0.248. The van der Waals surface area contributed by atoms with Crippen LogP contribution in [0.3, 0.4) is 0 Å². The summed E-state index contributed by atoms with van der Waals surface area (Å²) in [5, 5.41) is 24.5. The number of aromatic amines is 1. The lowest BCUT2D eigenvalue weighted by Gasteiger charge is -2.09. The number of urea groups is 1. The van der Waals surface area contributed by atoms with Crippen molar-refractivity contribution in [3.63, 3.8) is 0 Å². The number of phenols is 2. The highest BCUT2D eigenvalue weighted by Gasteiger charge is 2.08. The zero-order valence-corrected chi connectivity index (χ0v) is 12.1. The van der Waals surface area contributed by atoms with Gasteiger partial charge in [0.1, 0.15) is 11.5 Å². The molecular weight excluding hydrogens is 304 g/mol. The third-order valence-corrected chi connectivity index (χ3v) is 3.17. The van der Waals surface area contributed by atoms with Crippen LogP contribution in [0.5, 0.6) is 11.5 Å². The maximum atomic E-state index is 11.9. The molecular formula is C14H12N4O3S. The fourth-order valence-electron chi connectivity index (χ4n) is 1.98. The fraction of sp³-hybridized carbons (Fsp3) is 0. The lowest BCUT2D eigenvalue weighted by Crippen LogP contribution is -2.19. The van der Waals surface area contributed by atoms with Crippen LogP contribution < -0.4 is 10.6 Å². The van der Waals surface area contributed by atoms with E-state index in [4.69, 9.17) is 0 Å². The summed E-state index contributed by atoms with van der Waals surface area (Å²) in [6.07, 6.45) is 0. The van der Waals surface area contributed by atoms with Crippen molar-refractivity contribution in [2.75, 3.05) is 10.6 Å². The van der Waals surface area contributed by atoms with Crippen molar-refractivity contribution in [3.8, 4) is 11.5 Å². The number of benzene rings is 2. The predicted molar refractivity (Wildman–Crippen MR) is 85.8 cm³/mol. The van der Waals surface area contributed by atoms with E-state index in [2.05, 4.69) is 33.2 Å². The molecule has 0 unspecified atom stereocenters. The Morgan fingerprint density at radius 1 is 1.14 bits per heavy atom. The van der Waals surface area contributed by atoms with E-state index in [1.165, 1.54) is 18.2 Å². The van der Waals surface area contributed by atoms with E-state index >= 15 is 0 Å². The molecule has 0 fully saturated rings. The van der Waals surface area contributed by atoms with Gasteiger partial charge in [0.2, 0.25) is 0 Å². The zero-order valence-electron chi connectivity index (χ0n) is 11.2. The number of aromatic hydroxyl groups is 2. The minimum Gasteiger partial charge on any atom is -0.508 e. The van der Waals surface area contributed by atoms with E-state index in [0.717, 1.165) is 11.0 Å². The maximum absolute atomic E-state index is 11.9. The molecule has 1 heterocycles. The fourth-order valence-corrected chi connectivity index (χ4v) is 2.21. The lowest BCUT2D eigenvalue weighted by molar-refractivity contribution is 0.262. The summed E-state index contributed by atoms with van der Waals surface area (Å²) in [5.74, 6) is -0.204. The second-order valence-corrected chi connectivity index (χ2v) is 5.00. The van der Waals surface area contributed by atoms with E-state index in [-0.39, 0.29) is 17.2 Å². The number of nitrogens with one attached hydrogen (secondary N) is 3. The van der Waals surface area contributed by atoms with Crippen LogP contribution in [-0.4, -0.2) is 26.2 Å². The number of anilines is 2. The first kappa shape index (κ1) is 14.1. The molecule has 112 valence electrons. The van der Waals surface area contributed by atoms with Crippen molar-refractivity contribution < 1.29 is 15.0 Å². The van der Waals surface area contributed by atoms with Gasteiger partial charge in [0, 0.05) is 11.8 Å². The van der Waals surface area contributed by atoms with E-state index < -0.39 is 6.03 Å². The van der Waals surface area contributed by atoms with Gasteiger partial charge in [0.25, 0.3) is 0 Å². The number of hydrogen-bond acceptors (Lipinski definition) is 5. The number of fused-ring (bicyclic) bond motifs is 1. The molecule has 7 nitrogen and oxygen atoms in total. The Balaban J connectivity index is 1.76. The average Bonchev–Trinajstić information content (AvgIpc) is 2.82. The van der Waals surface area contributed by atoms with E-state index in [0.29, 0.717) is 10.8 Å². The molecule has 2 amide bonds. The molecule has 22 heavy (non-hydrogen) atoms. The molecule has 0 saturated carbocycles. The molecule has 0 atom stereocenters. The van der Waals surface area contributed by atoms with Gasteiger partial charge >= 0.3 is 6.03 Å². The van der Waals surface area contributed by atoms with Crippen LogP contribution in [0, 0.1) is 0 Å². The highest BCUT2D eigenvalue weighted by molar-refractivity contribution is 7.80. The molecule has 0 aliphatic carbocycles. The summed E-state index contributed by atoms with van der Waals surface area (Å²) in [5.41, 5.74) is 2.13. The standard InChI is InChI=1S/C14H12N4O3S/c19-8-2-4-12(20)11(6-8)16-13(21)15-7-1-3-9-10(5-7)18-14(22)17-9/h1-6,19-20H,(H2,15,16,21)(H2,17,18,22). The second kappa shape index (κ2) is 5.49. The van der Waals surface area contributed by atoms with Gasteiger partial charge in [-0.2, -0.15) is 0 Å². The maximum Gasteiger partial charge on any atom is 0.323 e. The number of thiol groups is 1. The third-order valence-electron chi connectivity index (χ3n) is 2.96. The smallest absolute Gasteiger partial charge is 0.323 e. The van der Waals surface area contributed by atoms with Crippen LogP contribution in [-0.2, 0) is 0 Å². The van der Waals surface area contributed by atoms with Crippen LogP contribution in [0.4, 0.5) is 16.2 Å². The normalized spacial score (nSPS) is 10.6. The minimum absolute atomic E-state index is 0.0618. The topological polar surface area (TPSA) is 110 Å². The van der Waals surface area contributed by atoms with Gasteiger partial charge in [-0.25, -0.2) is 9.78 Å². The molecule has 0 spiro atoms. The van der Waals surface area contributed by atoms with Crippen LogP contribution >= 0.6 is 12.6 Å². The number of rotatable bonds is 2. The first-order valence-electron chi connectivity index (χ1n) is 6.30. The Hall–Kier alpha value is -2.87. The molecule has 0 bridgehead atoms. The number of amides is 2. The third kappa shape index (κ3) is 2.91. The molecule has 0 saturated heterocycles. The number of aromatic nitrogens is 2. The first-order chi connectivity index (χ1) is 10.5. The molecule has 3 aromatic rings. The summed E-state index contributed by atoms with van der Waals surface area (Å²) in [7, 11) is 0. The van der Waals surface area contributed by atoms with Gasteiger partial charge in [-0.15, -0.1) is 12.6 Å². The molecule has 0 radical (unpaired) electrons. The zero-order chi connectivity index (χ0) is 15.7. The van der Waals surface area contributed by atoms with Gasteiger partial charge in [-0.3, -0.25) is 0 Å². The summed E-state index contributed by atoms with van der Waals surface area (Å²) in [4.78, 5) is 19.0. The average molecular weight is 316 g/mol. The summed E-state index contributed by atoms with van der Waals surface area (Å²) in [6, 6.07) is 8.45. The molecule has 3 rings (SSSR count).